The van der Waals surface area contributed by atoms with Crippen molar-refractivity contribution in [3.8, 4) is 0 Å². The molecule has 1 aliphatic rings. The number of piperidine rings is 1. The molecule has 0 saturated carbocycles. The molecule has 1 fully saturated rings. The Kier molecular flexibility index (Phi) is 3.93. The van der Waals surface area contributed by atoms with Crippen molar-refractivity contribution in [3.05, 3.63) is 0 Å². The van der Waals surface area contributed by atoms with E-state index in [0.717, 1.165) is 25.9 Å². The quantitative estimate of drug-likeness (QED) is 0.725. The first kappa shape index (κ1) is 11.5. The van der Waals surface area contributed by atoms with Crippen molar-refractivity contribution in [2.24, 2.45) is 17.6 Å². The van der Waals surface area contributed by atoms with Gasteiger partial charge in [-0.1, -0.05) is 13.8 Å². The number of nitrogens with two attached hydrogens (primary N) is 1. The molecular formula is C11H22N2O. The predicted molar refractivity (Wildman–Crippen MR) is 57.8 cm³/mol. The van der Waals surface area contributed by atoms with Crippen molar-refractivity contribution in [2.45, 2.75) is 39.7 Å². The number of likely N-dealkylation sites (tertiary alicyclic amines) is 1. The van der Waals surface area contributed by atoms with Crippen LogP contribution in [-0.4, -0.2) is 29.9 Å². The van der Waals surface area contributed by atoms with Crippen LogP contribution >= 0.6 is 0 Å². The lowest BCUT2D eigenvalue weighted by atomic mass is 9.90. The van der Waals surface area contributed by atoms with Gasteiger partial charge in [0.15, 0.2) is 0 Å². The van der Waals surface area contributed by atoms with Gasteiger partial charge in [0.1, 0.15) is 0 Å². The minimum absolute atomic E-state index is 0.127. The molecule has 3 heteroatoms. The van der Waals surface area contributed by atoms with Gasteiger partial charge in [-0.25, -0.2) is 0 Å². The van der Waals surface area contributed by atoms with Crippen LogP contribution in [0.25, 0.3) is 0 Å². The van der Waals surface area contributed by atoms with E-state index in [-0.39, 0.29) is 17.9 Å². The lowest BCUT2D eigenvalue weighted by Crippen LogP contribution is -2.43. The third-order valence-corrected chi connectivity index (χ3v) is 3.09. The molecule has 82 valence electrons. The molecule has 0 radical (unpaired) electrons. The summed E-state index contributed by atoms with van der Waals surface area (Å²) in [6.45, 7) is 7.76. The van der Waals surface area contributed by atoms with Crippen molar-refractivity contribution in [1.82, 2.24) is 4.90 Å². The minimum atomic E-state index is 0.127. The second-order valence-electron chi connectivity index (χ2n) is 4.68. The van der Waals surface area contributed by atoms with Gasteiger partial charge in [-0.05, 0) is 25.7 Å². The van der Waals surface area contributed by atoms with Crippen LogP contribution in [-0.2, 0) is 4.79 Å². The fraction of sp³-hybridized carbons (Fsp3) is 0.909. The summed E-state index contributed by atoms with van der Waals surface area (Å²) < 4.78 is 0. The molecular weight excluding hydrogens is 176 g/mol. The van der Waals surface area contributed by atoms with E-state index in [4.69, 9.17) is 5.73 Å². The number of amides is 1. The summed E-state index contributed by atoms with van der Waals surface area (Å²) in [7, 11) is 0. The minimum Gasteiger partial charge on any atom is -0.342 e. The van der Waals surface area contributed by atoms with Crippen LogP contribution < -0.4 is 5.73 Å². The average molecular weight is 198 g/mol. The van der Waals surface area contributed by atoms with Gasteiger partial charge in [-0.3, -0.25) is 4.79 Å². The van der Waals surface area contributed by atoms with Gasteiger partial charge in [0.05, 0.1) is 0 Å². The zero-order valence-corrected chi connectivity index (χ0v) is 9.49. The third kappa shape index (κ3) is 2.71. The standard InChI is InChI=1S/C11H22N2O/c1-8(2)11(14)13-6-4-10(5-7-13)9(3)12/h8-10H,4-7,12H2,1-3H3. The van der Waals surface area contributed by atoms with E-state index < -0.39 is 0 Å². The van der Waals surface area contributed by atoms with Crippen LogP contribution in [0, 0.1) is 11.8 Å². The van der Waals surface area contributed by atoms with Crippen LogP contribution in [0.2, 0.25) is 0 Å². The Labute approximate surface area is 86.6 Å². The molecule has 1 unspecified atom stereocenters. The summed E-state index contributed by atoms with van der Waals surface area (Å²) in [5.41, 5.74) is 5.85. The SMILES string of the molecule is CC(C)C(=O)N1CCC(C(C)N)CC1. The van der Waals surface area contributed by atoms with Crippen molar-refractivity contribution in [3.63, 3.8) is 0 Å². The molecule has 1 rings (SSSR count). The Morgan fingerprint density at radius 1 is 1.29 bits per heavy atom. The summed E-state index contributed by atoms with van der Waals surface area (Å²) >= 11 is 0. The fourth-order valence-electron chi connectivity index (χ4n) is 2.01. The van der Waals surface area contributed by atoms with Gasteiger partial charge < -0.3 is 10.6 Å². The van der Waals surface area contributed by atoms with Crippen LogP contribution in [0.4, 0.5) is 0 Å². The highest BCUT2D eigenvalue weighted by Gasteiger charge is 2.25. The Balaban J connectivity index is 2.39. The van der Waals surface area contributed by atoms with Crippen LogP contribution in [0.15, 0.2) is 0 Å². The zero-order chi connectivity index (χ0) is 10.7. The van der Waals surface area contributed by atoms with Crippen molar-refractivity contribution < 1.29 is 4.79 Å². The van der Waals surface area contributed by atoms with Gasteiger partial charge in [0, 0.05) is 25.0 Å². The zero-order valence-electron chi connectivity index (χ0n) is 9.49. The second kappa shape index (κ2) is 4.78. The van der Waals surface area contributed by atoms with Gasteiger partial charge in [-0.2, -0.15) is 0 Å². The molecule has 14 heavy (non-hydrogen) atoms. The van der Waals surface area contributed by atoms with E-state index in [2.05, 4.69) is 6.92 Å². The molecule has 1 heterocycles. The fourth-order valence-corrected chi connectivity index (χ4v) is 2.01. The summed E-state index contributed by atoms with van der Waals surface area (Å²) in [5.74, 6) is 1.01. The Morgan fingerprint density at radius 3 is 2.14 bits per heavy atom. The number of carbonyl (C=O) groups is 1. The molecule has 0 spiro atoms. The molecule has 1 amide bonds. The summed E-state index contributed by atoms with van der Waals surface area (Å²) in [5, 5.41) is 0. The second-order valence-corrected chi connectivity index (χ2v) is 4.68. The highest BCUT2D eigenvalue weighted by atomic mass is 16.2. The largest absolute Gasteiger partial charge is 0.342 e. The maximum atomic E-state index is 11.7. The number of rotatable bonds is 2. The Hall–Kier alpha value is -0.570. The first-order valence-electron chi connectivity index (χ1n) is 5.56. The maximum absolute atomic E-state index is 11.7. The molecule has 1 aliphatic heterocycles. The average Bonchev–Trinajstić information content (AvgIpc) is 2.16. The highest BCUT2D eigenvalue weighted by molar-refractivity contribution is 5.78. The Morgan fingerprint density at radius 2 is 1.79 bits per heavy atom. The molecule has 1 saturated heterocycles. The molecule has 0 aliphatic carbocycles. The first-order valence-corrected chi connectivity index (χ1v) is 5.56. The van der Waals surface area contributed by atoms with E-state index in [1.807, 2.05) is 18.7 Å². The lowest BCUT2D eigenvalue weighted by Gasteiger charge is -2.34. The van der Waals surface area contributed by atoms with E-state index in [1.54, 1.807) is 0 Å². The summed E-state index contributed by atoms with van der Waals surface area (Å²) in [4.78, 5) is 13.6. The van der Waals surface area contributed by atoms with Gasteiger partial charge >= 0.3 is 0 Å². The van der Waals surface area contributed by atoms with Crippen molar-refractivity contribution >= 4 is 5.91 Å². The monoisotopic (exact) mass is 198 g/mol. The van der Waals surface area contributed by atoms with E-state index in [1.165, 1.54) is 0 Å². The number of carbonyl (C=O) groups excluding carboxylic acids is 1. The topological polar surface area (TPSA) is 46.3 Å². The van der Waals surface area contributed by atoms with Crippen molar-refractivity contribution in [1.29, 1.82) is 0 Å². The predicted octanol–water partition coefficient (Wildman–Crippen LogP) is 1.23. The van der Waals surface area contributed by atoms with E-state index in [9.17, 15) is 4.79 Å². The van der Waals surface area contributed by atoms with E-state index >= 15 is 0 Å². The highest BCUT2D eigenvalue weighted by Crippen LogP contribution is 2.20. The van der Waals surface area contributed by atoms with Crippen LogP contribution in [0.3, 0.4) is 0 Å². The molecule has 0 aromatic heterocycles. The lowest BCUT2D eigenvalue weighted by molar-refractivity contribution is -0.135. The molecule has 0 aromatic rings. The molecule has 3 nitrogen and oxygen atoms in total. The molecule has 1 atom stereocenters. The summed E-state index contributed by atoms with van der Waals surface area (Å²) in [6.07, 6.45) is 2.13. The molecule has 0 bridgehead atoms. The van der Waals surface area contributed by atoms with Gasteiger partial charge in [0.2, 0.25) is 5.91 Å². The summed E-state index contributed by atoms with van der Waals surface area (Å²) in [6, 6.07) is 0.270. The first-order chi connectivity index (χ1) is 6.52. The molecule has 0 aromatic carbocycles. The normalized spacial score (nSPS) is 21.4. The van der Waals surface area contributed by atoms with Crippen molar-refractivity contribution in [2.75, 3.05) is 13.1 Å². The number of nitrogens with zero attached hydrogens (tertiary/aromatic N) is 1. The van der Waals surface area contributed by atoms with Crippen LogP contribution in [0.5, 0.6) is 0 Å². The van der Waals surface area contributed by atoms with Crippen LogP contribution in [0.1, 0.15) is 33.6 Å². The maximum Gasteiger partial charge on any atom is 0.225 e. The van der Waals surface area contributed by atoms with E-state index in [0.29, 0.717) is 5.92 Å². The Bertz CT molecular complexity index is 193. The molecule has 2 N–H and O–H groups in total. The van der Waals surface area contributed by atoms with Gasteiger partial charge in [0.25, 0.3) is 0 Å². The smallest absolute Gasteiger partial charge is 0.225 e. The third-order valence-electron chi connectivity index (χ3n) is 3.09. The van der Waals surface area contributed by atoms with Gasteiger partial charge in [-0.15, -0.1) is 0 Å². The number of hydrogen-bond acceptors (Lipinski definition) is 2. The number of hydrogen-bond donors (Lipinski definition) is 1.